The van der Waals surface area contributed by atoms with E-state index in [-0.39, 0.29) is 5.41 Å². The standard InChI is InChI=1S/C19H25N5/c1-19(2,3)18-20-10-14(11-21-18)12-23(4)13-17-22-15-8-6-7-9-16(15)24(17)5/h6-11H,12-13H2,1-5H3. The fourth-order valence-electron chi connectivity index (χ4n) is 2.77. The summed E-state index contributed by atoms with van der Waals surface area (Å²) < 4.78 is 2.16. The minimum atomic E-state index is -0.0164. The molecule has 5 nitrogen and oxygen atoms in total. The van der Waals surface area contributed by atoms with Crippen molar-refractivity contribution in [3.05, 3.63) is 53.9 Å². The van der Waals surface area contributed by atoms with Crippen LogP contribution in [-0.2, 0) is 25.6 Å². The van der Waals surface area contributed by atoms with Crippen LogP contribution in [0.1, 0.15) is 38.0 Å². The number of nitrogens with zero attached hydrogens (tertiary/aromatic N) is 5. The monoisotopic (exact) mass is 323 g/mol. The van der Waals surface area contributed by atoms with Gasteiger partial charge in [0, 0.05) is 37.0 Å². The molecule has 1 aromatic carbocycles. The summed E-state index contributed by atoms with van der Waals surface area (Å²) in [5.74, 6) is 1.94. The van der Waals surface area contributed by atoms with E-state index in [4.69, 9.17) is 4.98 Å². The first-order valence-corrected chi connectivity index (χ1v) is 8.25. The molecule has 126 valence electrons. The average molecular weight is 323 g/mol. The van der Waals surface area contributed by atoms with Gasteiger partial charge in [0.15, 0.2) is 0 Å². The Kier molecular flexibility index (Phi) is 4.37. The third-order valence-electron chi connectivity index (χ3n) is 4.12. The molecule has 0 radical (unpaired) electrons. The predicted molar refractivity (Wildman–Crippen MR) is 96.6 cm³/mol. The Morgan fingerprint density at radius 2 is 1.71 bits per heavy atom. The molecule has 0 unspecified atom stereocenters. The molecule has 0 atom stereocenters. The second-order valence-electron chi connectivity index (χ2n) is 7.41. The highest BCUT2D eigenvalue weighted by Crippen LogP contribution is 2.18. The van der Waals surface area contributed by atoms with Crippen molar-refractivity contribution in [2.24, 2.45) is 7.05 Å². The maximum absolute atomic E-state index is 4.73. The number of rotatable bonds is 4. The molecule has 0 aliphatic carbocycles. The van der Waals surface area contributed by atoms with Crippen molar-refractivity contribution in [2.45, 2.75) is 39.3 Å². The van der Waals surface area contributed by atoms with Gasteiger partial charge in [-0.05, 0) is 19.2 Å². The van der Waals surface area contributed by atoms with Gasteiger partial charge in [0.2, 0.25) is 0 Å². The van der Waals surface area contributed by atoms with Crippen LogP contribution < -0.4 is 0 Å². The summed E-state index contributed by atoms with van der Waals surface area (Å²) in [6.45, 7) is 7.96. The van der Waals surface area contributed by atoms with Gasteiger partial charge in [-0.1, -0.05) is 32.9 Å². The lowest BCUT2D eigenvalue weighted by Gasteiger charge is -2.18. The van der Waals surface area contributed by atoms with Crippen LogP contribution in [-0.4, -0.2) is 31.5 Å². The first kappa shape index (κ1) is 16.6. The van der Waals surface area contributed by atoms with Crippen molar-refractivity contribution >= 4 is 11.0 Å². The molecular weight excluding hydrogens is 298 g/mol. The lowest BCUT2D eigenvalue weighted by Crippen LogP contribution is -2.21. The molecule has 0 spiro atoms. The lowest BCUT2D eigenvalue weighted by molar-refractivity contribution is 0.306. The Morgan fingerprint density at radius 3 is 2.33 bits per heavy atom. The smallest absolute Gasteiger partial charge is 0.133 e. The van der Waals surface area contributed by atoms with Gasteiger partial charge < -0.3 is 4.57 Å². The fraction of sp³-hybridized carbons (Fsp3) is 0.421. The highest BCUT2D eigenvalue weighted by atomic mass is 15.2. The summed E-state index contributed by atoms with van der Waals surface area (Å²) in [5, 5.41) is 0. The summed E-state index contributed by atoms with van der Waals surface area (Å²) in [6.07, 6.45) is 3.86. The Bertz CT molecular complexity index is 827. The van der Waals surface area contributed by atoms with Crippen LogP contribution in [0.3, 0.4) is 0 Å². The SMILES string of the molecule is CN(Cc1cnc(C(C)(C)C)nc1)Cc1nc2ccccc2n1C. The van der Waals surface area contributed by atoms with Crippen LogP contribution in [0.5, 0.6) is 0 Å². The van der Waals surface area contributed by atoms with E-state index in [0.29, 0.717) is 0 Å². The van der Waals surface area contributed by atoms with E-state index in [1.165, 1.54) is 5.52 Å². The van der Waals surface area contributed by atoms with Crippen LogP contribution in [0.15, 0.2) is 36.7 Å². The molecule has 5 heteroatoms. The van der Waals surface area contributed by atoms with Gasteiger partial charge in [-0.2, -0.15) is 0 Å². The maximum Gasteiger partial charge on any atom is 0.133 e. The van der Waals surface area contributed by atoms with E-state index >= 15 is 0 Å². The Morgan fingerprint density at radius 1 is 1.04 bits per heavy atom. The Balaban J connectivity index is 1.70. The maximum atomic E-state index is 4.73. The van der Waals surface area contributed by atoms with Gasteiger partial charge >= 0.3 is 0 Å². The topological polar surface area (TPSA) is 46.8 Å². The summed E-state index contributed by atoms with van der Waals surface area (Å²) in [7, 11) is 4.16. The minimum Gasteiger partial charge on any atom is -0.330 e. The predicted octanol–water partition coefficient (Wildman–Crippen LogP) is 3.29. The van der Waals surface area contributed by atoms with Crippen molar-refractivity contribution in [1.29, 1.82) is 0 Å². The highest BCUT2D eigenvalue weighted by Gasteiger charge is 2.17. The van der Waals surface area contributed by atoms with Gasteiger partial charge in [-0.25, -0.2) is 15.0 Å². The molecule has 2 heterocycles. The molecule has 0 N–H and O–H groups in total. The summed E-state index contributed by atoms with van der Waals surface area (Å²) >= 11 is 0. The van der Waals surface area contributed by atoms with Crippen molar-refractivity contribution in [2.75, 3.05) is 7.05 Å². The van der Waals surface area contributed by atoms with E-state index < -0.39 is 0 Å². The van der Waals surface area contributed by atoms with E-state index in [0.717, 1.165) is 35.8 Å². The van der Waals surface area contributed by atoms with Crippen molar-refractivity contribution in [3.63, 3.8) is 0 Å². The first-order valence-electron chi connectivity index (χ1n) is 8.25. The van der Waals surface area contributed by atoms with Crippen LogP contribution in [0.2, 0.25) is 0 Å². The lowest BCUT2D eigenvalue weighted by atomic mass is 9.96. The Hall–Kier alpha value is -2.27. The van der Waals surface area contributed by atoms with Crippen molar-refractivity contribution in [1.82, 2.24) is 24.4 Å². The van der Waals surface area contributed by atoms with Crippen LogP contribution >= 0.6 is 0 Å². The molecule has 3 aromatic rings. The zero-order valence-corrected chi connectivity index (χ0v) is 15.1. The molecule has 0 aliphatic rings. The average Bonchev–Trinajstić information content (AvgIpc) is 2.83. The number of hydrogen-bond acceptors (Lipinski definition) is 4. The first-order chi connectivity index (χ1) is 11.3. The molecule has 0 fully saturated rings. The molecule has 0 amide bonds. The third-order valence-corrected chi connectivity index (χ3v) is 4.12. The normalized spacial score (nSPS) is 12.2. The van der Waals surface area contributed by atoms with E-state index in [1.807, 2.05) is 24.5 Å². The summed E-state index contributed by atoms with van der Waals surface area (Å²) in [5.41, 5.74) is 3.31. The molecule has 24 heavy (non-hydrogen) atoms. The largest absolute Gasteiger partial charge is 0.330 e. The zero-order chi connectivity index (χ0) is 17.3. The van der Waals surface area contributed by atoms with Gasteiger partial charge in [0.25, 0.3) is 0 Å². The molecule has 0 aliphatic heterocycles. The number of aryl methyl sites for hydroxylation is 1. The third kappa shape index (κ3) is 3.46. The number of benzene rings is 1. The second-order valence-corrected chi connectivity index (χ2v) is 7.41. The van der Waals surface area contributed by atoms with E-state index in [1.54, 1.807) is 0 Å². The van der Waals surface area contributed by atoms with Crippen LogP contribution in [0.4, 0.5) is 0 Å². The number of aromatic nitrogens is 4. The van der Waals surface area contributed by atoms with Gasteiger partial charge in [0.05, 0.1) is 17.6 Å². The molecule has 3 rings (SSSR count). The number of hydrogen-bond donors (Lipinski definition) is 0. The van der Waals surface area contributed by atoms with Crippen LogP contribution in [0.25, 0.3) is 11.0 Å². The van der Waals surface area contributed by atoms with Gasteiger partial charge in [0.1, 0.15) is 11.6 Å². The van der Waals surface area contributed by atoms with Crippen molar-refractivity contribution in [3.8, 4) is 0 Å². The van der Waals surface area contributed by atoms with E-state index in [2.05, 4.69) is 66.4 Å². The number of fused-ring (bicyclic) bond motifs is 1. The van der Waals surface area contributed by atoms with Gasteiger partial charge in [-0.3, -0.25) is 4.90 Å². The molecule has 2 aromatic heterocycles. The van der Waals surface area contributed by atoms with E-state index in [9.17, 15) is 0 Å². The molecule has 0 saturated carbocycles. The molecular formula is C19H25N5. The van der Waals surface area contributed by atoms with Crippen LogP contribution in [0, 0.1) is 0 Å². The minimum absolute atomic E-state index is 0.0164. The quantitative estimate of drug-likeness (QED) is 0.739. The van der Waals surface area contributed by atoms with Crippen molar-refractivity contribution < 1.29 is 0 Å². The zero-order valence-electron chi connectivity index (χ0n) is 15.1. The fourth-order valence-corrected chi connectivity index (χ4v) is 2.77. The highest BCUT2D eigenvalue weighted by molar-refractivity contribution is 5.75. The Labute approximate surface area is 143 Å². The summed E-state index contributed by atoms with van der Waals surface area (Å²) in [4.78, 5) is 16.0. The second kappa shape index (κ2) is 6.32. The van der Waals surface area contributed by atoms with Gasteiger partial charge in [-0.15, -0.1) is 0 Å². The summed E-state index contributed by atoms with van der Waals surface area (Å²) in [6, 6.07) is 8.23. The molecule has 0 bridgehead atoms. The number of imidazole rings is 1. The molecule has 0 saturated heterocycles. The number of para-hydroxylation sites is 2.